The lowest BCUT2D eigenvalue weighted by Crippen LogP contribution is -2.03. The van der Waals surface area contributed by atoms with Crippen molar-refractivity contribution in [2.24, 2.45) is 0 Å². The Kier molecular flexibility index (Phi) is 1.96. The van der Waals surface area contributed by atoms with Gasteiger partial charge in [-0.15, -0.1) is 0 Å². The van der Waals surface area contributed by atoms with Crippen molar-refractivity contribution in [3.8, 4) is 0 Å². The summed E-state index contributed by atoms with van der Waals surface area (Å²) in [6.07, 6.45) is 0.543. The molecule has 0 unspecified atom stereocenters. The van der Waals surface area contributed by atoms with E-state index in [1.54, 1.807) is 0 Å². The maximum absolute atomic E-state index is 10.4. The fourth-order valence-electron chi connectivity index (χ4n) is 0.391. The van der Waals surface area contributed by atoms with Crippen LogP contribution in [0, 0.1) is 0 Å². The van der Waals surface area contributed by atoms with Crippen LogP contribution in [-0.2, 0) is 4.79 Å². The van der Waals surface area contributed by atoms with E-state index in [9.17, 15) is 9.59 Å². The largest absolute Gasteiger partial charge is 0.287 e. The fourth-order valence-corrected chi connectivity index (χ4v) is 2.13. The zero-order chi connectivity index (χ0) is 5.98. The zero-order valence-corrected chi connectivity index (χ0v) is 5.68. The summed E-state index contributed by atoms with van der Waals surface area (Å²) in [4.78, 5) is 20.8. The van der Waals surface area contributed by atoms with Gasteiger partial charge in [-0.05, 0) is 11.8 Å². The molecule has 0 saturated carbocycles. The highest BCUT2D eigenvalue weighted by Crippen LogP contribution is 2.25. The molecule has 0 aromatic heterocycles. The first-order valence-electron chi connectivity index (χ1n) is 2.16. The quantitative estimate of drug-likeness (QED) is 0.521. The van der Waals surface area contributed by atoms with Crippen molar-refractivity contribution in [2.45, 2.75) is 6.42 Å². The van der Waals surface area contributed by atoms with Gasteiger partial charge in [-0.25, -0.2) is 0 Å². The standard InChI is InChI=1S/C4H4O2S2/c5-3-1-2-7-4(6)8-3/h1-2H2. The number of hydrogen-bond acceptors (Lipinski definition) is 4. The molecule has 2 nitrogen and oxygen atoms in total. The van der Waals surface area contributed by atoms with E-state index in [0.29, 0.717) is 12.2 Å². The minimum Gasteiger partial charge on any atom is -0.287 e. The van der Waals surface area contributed by atoms with E-state index in [1.165, 1.54) is 11.8 Å². The second-order valence-electron chi connectivity index (χ2n) is 1.32. The molecule has 1 aliphatic heterocycles. The molecule has 1 saturated heterocycles. The average molecular weight is 148 g/mol. The van der Waals surface area contributed by atoms with Crippen LogP contribution in [0.1, 0.15) is 6.42 Å². The second-order valence-corrected chi connectivity index (χ2v) is 3.68. The zero-order valence-electron chi connectivity index (χ0n) is 4.05. The van der Waals surface area contributed by atoms with Gasteiger partial charge in [0.15, 0.2) is 5.12 Å². The van der Waals surface area contributed by atoms with E-state index < -0.39 is 0 Å². The van der Waals surface area contributed by atoms with Crippen LogP contribution >= 0.6 is 23.5 Å². The lowest BCUT2D eigenvalue weighted by atomic mass is 10.5. The molecule has 1 heterocycles. The molecular formula is C4H4O2S2. The van der Waals surface area contributed by atoms with Crippen LogP contribution in [0.3, 0.4) is 0 Å². The Morgan fingerprint density at radius 3 is 2.50 bits per heavy atom. The number of hydrogen-bond donors (Lipinski definition) is 0. The molecule has 1 aliphatic rings. The average Bonchev–Trinajstić information content (AvgIpc) is 1.64. The first kappa shape index (κ1) is 6.16. The van der Waals surface area contributed by atoms with Crippen molar-refractivity contribution in [3.05, 3.63) is 0 Å². The Morgan fingerprint density at radius 1 is 1.38 bits per heavy atom. The Hall–Kier alpha value is 0.0400. The molecule has 0 bridgehead atoms. The summed E-state index contributed by atoms with van der Waals surface area (Å²) in [5, 5.41) is 0.00810. The smallest absolute Gasteiger partial charge is 0.253 e. The highest BCUT2D eigenvalue weighted by molar-refractivity contribution is 8.45. The minimum absolute atomic E-state index is 0.00810. The van der Waals surface area contributed by atoms with Crippen LogP contribution in [0.5, 0.6) is 0 Å². The second kappa shape index (κ2) is 2.55. The van der Waals surface area contributed by atoms with Gasteiger partial charge in [0.1, 0.15) is 0 Å². The summed E-state index contributed by atoms with van der Waals surface area (Å²) >= 11 is 2.05. The monoisotopic (exact) mass is 148 g/mol. The third-order valence-corrected chi connectivity index (χ3v) is 2.57. The van der Waals surface area contributed by atoms with Crippen molar-refractivity contribution in [1.29, 1.82) is 0 Å². The third-order valence-electron chi connectivity index (χ3n) is 0.723. The summed E-state index contributed by atoms with van der Waals surface area (Å²) in [6, 6.07) is 0. The molecular weight excluding hydrogens is 144 g/mol. The number of thioether (sulfide) groups is 2. The normalized spacial score (nSPS) is 21.5. The SMILES string of the molecule is O=C1CCSC(=O)S1. The Morgan fingerprint density at radius 2 is 2.12 bits per heavy atom. The van der Waals surface area contributed by atoms with Crippen molar-refractivity contribution in [3.63, 3.8) is 0 Å². The van der Waals surface area contributed by atoms with Gasteiger partial charge >= 0.3 is 0 Å². The van der Waals surface area contributed by atoms with Gasteiger partial charge in [-0.2, -0.15) is 0 Å². The number of rotatable bonds is 0. The van der Waals surface area contributed by atoms with Crippen LogP contribution < -0.4 is 0 Å². The lowest BCUT2D eigenvalue weighted by molar-refractivity contribution is -0.110. The van der Waals surface area contributed by atoms with E-state index in [-0.39, 0.29) is 9.56 Å². The van der Waals surface area contributed by atoms with Crippen LogP contribution in [0.2, 0.25) is 0 Å². The van der Waals surface area contributed by atoms with E-state index in [2.05, 4.69) is 0 Å². The Bertz CT molecular complexity index is 118. The summed E-state index contributed by atoms with van der Waals surface area (Å²) in [5.74, 6) is 0.671. The van der Waals surface area contributed by atoms with Gasteiger partial charge < -0.3 is 0 Å². The number of carbonyl (C=O) groups excluding carboxylic acids is 2. The van der Waals surface area contributed by atoms with E-state index in [1.807, 2.05) is 0 Å². The van der Waals surface area contributed by atoms with Gasteiger partial charge in [0, 0.05) is 12.2 Å². The number of carbonyl (C=O) groups is 2. The first-order valence-corrected chi connectivity index (χ1v) is 3.96. The van der Waals surface area contributed by atoms with Gasteiger partial charge in [-0.3, -0.25) is 9.59 Å². The maximum Gasteiger partial charge on any atom is 0.253 e. The molecule has 0 aliphatic carbocycles. The third kappa shape index (κ3) is 1.52. The Labute approximate surface area is 55.4 Å². The Balaban J connectivity index is 2.45. The van der Waals surface area contributed by atoms with E-state index in [0.717, 1.165) is 11.8 Å². The van der Waals surface area contributed by atoms with Gasteiger partial charge in [-0.1, -0.05) is 11.8 Å². The molecule has 4 heteroatoms. The molecule has 0 radical (unpaired) electrons. The molecule has 0 atom stereocenters. The minimum atomic E-state index is -0.0544. The molecule has 0 amide bonds. The van der Waals surface area contributed by atoms with Gasteiger partial charge in [0.2, 0.25) is 0 Å². The first-order chi connectivity index (χ1) is 3.79. The molecule has 1 fully saturated rings. The highest BCUT2D eigenvalue weighted by atomic mass is 32.2. The molecule has 1 rings (SSSR count). The maximum atomic E-state index is 10.4. The summed E-state index contributed by atoms with van der Waals surface area (Å²) in [6.45, 7) is 0. The van der Waals surface area contributed by atoms with Gasteiger partial charge in [0.25, 0.3) is 4.45 Å². The van der Waals surface area contributed by atoms with E-state index in [4.69, 9.17) is 0 Å². The van der Waals surface area contributed by atoms with E-state index >= 15 is 0 Å². The van der Waals surface area contributed by atoms with Gasteiger partial charge in [0.05, 0.1) is 0 Å². The van der Waals surface area contributed by atoms with Crippen molar-refractivity contribution < 1.29 is 9.59 Å². The highest BCUT2D eigenvalue weighted by Gasteiger charge is 2.16. The van der Waals surface area contributed by atoms with Crippen LogP contribution in [0.4, 0.5) is 4.79 Å². The van der Waals surface area contributed by atoms with Crippen LogP contribution in [0.15, 0.2) is 0 Å². The molecule has 0 aromatic carbocycles. The molecule has 44 valence electrons. The predicted octanol–water partition coefficient (Wildman–Crippen LogP) is 1.50. The predicted molar refractivity (Wildman–Crippen MR) is 35.1 cm³/mol. The van der Waals surface area contributed by atoms with Crippen molar-refractivity contribution in [1.82, 2.24) is 0 Å². The summed E-state index contributed by atoms with van der Waals surface area (Å²) in [7, 11) is 0. The van der Waals surface area contributed by atoms with Crippen molar-refractivity contribution in [2.75, 3.05) is 5.75 Å². The molecule has 0 N–H and O–H groups in total. The molecule has 8 heavy (non-hydrogen) atoms. The summed E-state index contributed by atoms with van der Waals surface area (Å²) < 4.78 is -0.0544. The lowest BCUT2D eigenvalue weighted by Gasteiger charge is -2.03. The van der Waals surface area contributed by atoms with Crippen LogP contribution in [-0.4, -0.2) is 15.3 Å². The topological polar surface area (TPSA) is 34.1 Å². The molecule has 0 aromatic rings. The summed E-state index contributed by atoms with van der Waals surface area (Å²) in [5.41, 5.74) is 0. The molecule has 0 spiro atoms. The van der Waals surface area contributed by atoms with Crippen LogP contribution in [0.25, 0.3) is 0 Å². The van der Waals surface area contributed by atoms with Crippen molar-refractivity contribution >= 4 is 33.1 Å². The fraction of sp³-hybridized carbons (Fsp3) is 0.500.